The average Bonchev–Trinajstić information content (AvgIpc) is 3.50. The lowest BCUT2D eigenvalue weighted by atomic mass is 9.89. The first-order valence-corrected chi connectivity index (χ1v) is 13.2. The molecule has 6 aromatic carbocycles. The quantitative estimate of drug-likeness (QED) is 0.236. The smallest absolute Gasteiger partial charge is 0.0541 e. The first kappa shape index (κ1) is 21.2. The van der Waals surface area contributed by atoms with Crippen LogP contribution in [0.15, 0.2) is 146 Å². The zero-order chi connectivity index (χ0) is 25.1. The van der Waals surface area contributed by atoms with Gasteiger partial charge in [-0.15, -0.1) is 0 Å². The molecule has 0 radical (unpaired) electrons. The lowest BCUT2D eigenvalue weighted by Gasteiger charge is -2.16. The van der Waals surface area contributed by atoms with Crippen molar-refractivity contribution in [1.82, 2.24) is 4.57 Å². The second kappa shape index (κ2) is 8.33. The molecule has 0 bridgehead atoms. The van der Waals surface area contributed by atoms with Gasteiger partial charge in [-0.05, 0) is 69.3 Å². The molecule has 38 heavy (non-hydrogen) atoms. The molecule has 0 aliphatic heterocycles. The van der Waals surface area contributed by atoms with Gasteiger partial charge in [-0.3, -0.25) is 0 Å². The van der Waals surface area contributed by atoms with Crippen LogP contribution in [0.5, 0.6) is 0 Å². The Morgan fingerprint density at radius 2 is 1.03 bits per heavy atom. The fourth-order valence-electron chi connectivity index (χ4n) is 6.39. The molecular weight excluding hydrogens is 458 g/mol. The van der Waals surface area contributed by atoms with Gasteiger partial charge in [-0.2, -0.15) is 0 Å². The summed E-state index contributed by atoms with van der Waals surface area (Å²) in [4.78, 5) is 0. The van der Waals surface area contributed by atoms with Crippen LogP contribution in [0, 0.1) is 0 Å². The molecule has 0 amide bonds. The third-order valence-corrected chi connectivity index (χ3v) is 8.10. The lowest BCUT2D eigenvalue weighted by molar-refractivity contribution is 1.01. The molecule has 1 heteroatoms. The van der Waals surface area contributed by atoms with E-state index in [1.807, 2.05) is 0 Å². The van der Waals surface area contributed by atoms with Crippen LogP contribution in [0.2, 0.25) is 0 Å². The van der Waals surface area contributed by atoms with Gasteiger partial charge in [0.25, 0.3) is 0 Å². The van der Waals surface area contributed by atoms with Gasteiger partial charge >= 0.3 is 0 Å². The van der Waals surface area contributed by atoms with E-state index in [9.17, 15) is 0 Å². The number of nitrogens with zero attached hydrogens (tertiary/aromatic N) is 1. The SMILES string of the molecule is c1ccc(-c2ccc3c(c2)c2ccccc2n3-c2ccc(C3c4ccccc4-c4ccccc43)cc2)cc1. The largest absolute Gasteiger partial charge is 0.309 e. The van der Waals surface area contributed by atoms with Crippen molar-refractivity contribution in [2.24, 2.45) is 0 Å². The maximum atomic E-state index is 2.40. The molecule has 1 heterocycles. The number of fused-ring (bicyclic) bond motifs is 6. The maximum absolute atomic E-state index is 2.40. The topological polar surface area (TPSA) is 4.93 Å². The van der Waals surface area contributed by atoms with Crippen LogP contribution < -0.4 is 0 Å². The lowest BCUT2D eigenvalue weighted by Crippen LogP contribution is -2.00. The summed E-state index contributed by atoms with van der Waals surface area (Å²) in [5, 5.41) is 2.56. The monoisotopic (exact) mass is 483 g/mol. The number of benzene rings is 6. The molecule has 8 rings (SSSR count). The molecule has 1 nitrogen and oxygen atoms in total. The standard InChI is InChI=1S/C37H25N/c1-2-10-25(11-3-1)27-20-23-36-34(24-27)31-14-8-9-17-35(31)38(36)28-21-18-26(19-22-28)37-32-15-6-4-12-29(32)30-13-5-7-16-33(30)37/h1-24,37H. The second-order valence-corrected chi connectivity index (χ2v) is 10.1. The van der Waals surface area contributed by atoms with Crippen molar-refractivity contribution in [2.45, 2.75) is 5.92 Å². The third-order valence-electron chi connectivity index (χ3n) is 8.10. The molecule has 0 spiro atoms. The van der Waals surface area contributed by atoms with Crippen LogP contribution >= 0.6 is 0 Å². The summed E-state index contributed by atoms with van der Waals surface area (Å²) < 4.78 is 2.40. The Morgan fingerprint density at radius 1 is 0.421 bits per heavy atom. The van der Waals surface area contributed by atoms with E-state index in [0.717, 1.165) is 0 Å². The van der Waals surface area contributed by atoms with Gasteiger partial charge in [-0.25, -0.2) is 0 Å². The zero-order valence-electron chi connectivity index (χ0n) is 20.9. The van der Waals surface area contributed by atoms with E-state index >= 15 is 0 Å². The van der Waals surface area contributed by atoms with Gasteiger partial charge in [0.05, 0.1) is 11.0 Å². The summed E-state index contributed by atoms with van der Waals surface area (Å²) in [7, 11) is 0. The van der Waals surface area contributed by atoms with E-state index in [-0.39, 0.29) is 5.92 Å². The number of aromatic nitrogens is 1. The Kier molecular flexibility index (Phi) is 4.65. The Hall–Kier alpha value is -4.88. The van der Waals surface area contributed by atoms with Gasteiger partial charge in [0.15, 0.2) is 0 Å². The molecule has 7 aromatic rings. The minimum absolute atomic E-state index is 0.267. The summed E-state index contributed by atoms with van der Waals surface area (Å²) in [5.74, 6) is 0.267. The van der Waals surface area contributed by atoms with Gasteiger partial charge in [0.2, 0.25) is 0 Å². The summed E-state index contributed by atoms with van der Waals surface area (Å²) in [6, 6.07) is 53.1. The molecule has 1 aliphatic carbocycles. The number of hydrogen-bond donors (Lipinski definition) is 0. The number of para-hydroxylation sites is 1. The predicted octanol–water partition coefficient (Wildman–Crippen LogP) is 9.61. The highest BCUT2D eigenvalue weighted by atomic mass is 15.0. The highest BCUT2D eigenvalue weighted by molar-refractivity contribution is 6.10. The van der Waals surface area contributed by atoms with Crippen molar-refractivity contribution in [3.63, 3.8) is 0 Å². The van der Waals surface area contributed by atoms with Crippen LogP contribution in [-0.4, -0.2) is 4.57 Å². The molecule has 0 fully saturated rings. The molecule has 178 valence electrons. The highest BCUT2D eigenvalue weighted by Gasteiger charge is 2.29. The van der Waals surface area contributed by atoms with Crippen LogP contribution in [0.1, 0.15) is 22.6 Å². The van der Waals surface area contributed by atoms with E-state index in [1.165, 1.54) is 66.4 Å². The summed E-state index contributed by atoms with van der Waals surface area (Å²) in [6.45, 7) is 0. The van der Waals surface area contributed by atoms with Crippen LogP contribution in [0.4, 0.5) is 0 Å². The second-order valence-electron chi connectivity index (χ2n) is 10.1. The Balaban J connectivity index is 1.27. The first-order valence-electron chi connectivity index (χ1n) is 13.2. The Labute approximate surface area is 222 Å². The Morgan fingerprint density at radius 3 is 1.76 bits per heavy atom. The minimum atomic E-state index is 0.267. The van der Waals surface area contributed by atoms with Crippen molar-refractivity contribution in [3.8, 4) is 27.9 Å². The van der Waals surface area contributed by atoms with E-state index in [2.05, 4.69) is 150 Å². The molecule has 1 aliphatic rings. The zero-order valence-corrected chi connectivity index (χ0v) is 20.9. The van der Waals surface area contributed by atoms with Crippen LogP contribution in [0.25, 0.3) is 49.7 Å². The van der Waals surface area contributed by atoms with Crippen molar-refractivity contribution < 1.29 is 0 Å². The van der Waals surface area contributed by atoms with E-state index in [0.29, 0.717) is 0 Å². The molecule has 0 saturated heterocycles. The number of hydrogen-bond acceptors (Lipinski definition) is 0. The first-order chi connectivity index (χ1) is 18.9. The van der Waals surface area contributed by atoms with Gasteiger partial charge in [0.1, 0.15) is 0 Å². The molecular formula is C37H25N. The van der Waals surface area contributed by atoms with Crippen LogP contribution in [-0.2, 0) is 0 Å². The van der Waals surface area contributed by atoms with Gasteiger partial charge in [0, 0.05) is 22.4 Å². The van der Waals surface area contributed by atoms with E-state index in [4.69, 9.17) is 0 Å². The minimum Gasteiger partial charge on any atom is -0.309 e. The predicted molar refractivity (Wildman–Crippen MR) is 159 cm³/mol. The fraction of sp³-hybridized carbons (Fsp3) is 0.0270. The fourth-order valence-corrected chi connectivity index (χ4v) is 6.39. The number of rotatable bonds is 3. The summed E-state index contributed by atoms with van der Waals surface area (Å²) >= 11 is 0. The average molecular weight is 484 g/mol. The maximum Gasteiger partial charge on any atom is 0.0541 e. The summed E-state index contributed by atoms with van der Waals surface area (Å²) in [6.07, 6.45) is 0. The van der Waals surface area contributed by atoms with Crippen LogP contribution in [0.3, 0.4) is 0 Å². The van der Waals surface area contributed by atoms with Gasteiger partial charge < -0.3 is 4.57 Å². The van der Waals surface area contributed by atoms with Crippen molar-refractivity contribution in [2.75, 3.05) is 0 Å². The van der Waals surface area contributed by atoms with Gasteiger partial charge in [-0.1, -0.05) is 115 Å². The van der Waals surface area contributed by atoms with Crippen molar-refractivity contribution in [1.29, 1.82) is 0 Å². The van der Waals surface area contributed by atoms with Crippen molar-refractivity contribution >= 4 is 21.8 Å². The molecule has 0 N–H and O–H groups in total. The highest BCUT2D eigenvalue weighted by Crippen LogP contribution is 2.48. The normalized spacial score (nSPS) is 12.6. The van der Waals surface area contributed by atoms with E-state index < -0.39 is 0 Å². The molecule has 0 unspecified atom stereocenters. The molecule has 0 atom stereocenters. The summed E-state index contributed by atoms with van der Waals surface area (Å²) in [5.41, 5.74) is 13.0. The Bertz CT molecular complexity index is 1910. The third kappa shape index (κ3) is 3.12. The molecule has 1 aromatic heterocycles. The van der Waals surface area contributed by atoms with Crippen molar-refractivity contribution in [3.05, 3.63) is 162 Å². The molecule has 0 saturated carbocycles. The van der Waals surface area contributed by atoms with E-state index in [1.54, 1.807) is 0 Å².